The first kappa shape index (κ1) is 15.4. The summed E-state index contributed by atoms with van der Waals surface area (Å²) in [4.78, 5) is 15.4. The third-order valence-electron chi connectivity index (χ3n) is 3.78. The molecule has 1 fully saturated rings. The van der Waals surface area contributed by atoms with E-state index in [2.05, 4.69) is 22.2 Å². The van der Waals surface area contributed by atoms with Crippen molar-refractivity contribution in [2.45, 2.75) is 25.3 Å². The Hall–Kier alpha value is -0.650. The predicted octanol–water partition coefficient (Wildman–Crippen LogP) is 0.323. The number of piperidine rings is 1. The highest BCUT2D eigenvalue weighted by Crippen LogP contribution is 2.18. The quantitative estimate of drug-likeness (QED) is 0.688. The highest BCUT2D eigenvalue weighted by atomic mass is 16.4. The number of carbonyl (C=O) groups is 1. The Morgan fingerprint density at radius 2 is 2.33 bits per heavy atom. The minimum atomic E-state index is -0.776. The SMILES string of the molecule is CNC(CN(C)CCC1CCCN(C)C1)C(=O)O. The molecule has 1 aliphatic heterocycles. The Morgan fingerprint density at radius 1 is 1.61 bits per heavy atom. The molecule has 1 aliphatic rings. The summed E-state index contributed by atoms with van der Waals surface area (Å²) < 4.78 is 0. The molecule has 0 amide bonds. The highest BCUT2D eigenvalue weighted by molar-refractivity contribution is 5.73. The number of likely N-dealkylation sites (N-methyl/N-ethyl adjacent to an activating group) is 2. The van der Waals surface area contributed by atoms with Crippen LogP contribution in [0.4, 0.5) is 0 Å². The Labute approximate surface area is 110 Å². The van der Waals surface area contributed by atoms with Gasteiger partial charge in [-0.3, -0.25) is 4.79 Å². The highest BCUT2D eigenvalue weighted by Gasteiger charge is 2.20. The molecule has 0 aromatic rings. The number of hydrogen-bond donors (Lipinski definition) is 2. The van der Waals surface area contributed by atoms with Crippen molar-refractivity contribution < 1.29 is 9.90 Å². The minimum absolute atomic E-state index is 0.468. The normalized spacial score (nSPS) is 23.2. The zero-order valence-corrected chi connectivity index (χ0v) is 11.9. The maximum atomic E-state index is 10.9. The van der Waals surface area contributed by atoms with Crippen molar-refractivity contribution in [1.29, 1.82) is 0 Å². The van der Waals surface area contributed by atoms with Crippen molar-refractivity contribution in [2.24, 2.45) is 5.92 Å². The van der Waals surface area contributed by atoms with Crippen molar-refractivity contribution in [3.8, 4) is 0 Å². The summed E-state index contributed by atoms with van der Waals surface area (Å²) in [5.41, 5.74) is 0. The van der Waals surface area contributed by atoms with Gasteiger partial charge < -0.3 is 20.2 Å². The van der Waals surface area contributed by atoms with Crippen LogP contribution >= 0.6 is 0 Å². The minimum Gasteiger partial charge on any atom is -0.480 e. The van der Waals surface area contributed by atoms with Gasteiger partial charge in [-0.05, 0) is 59.4 Å². The summed E-state index contributed by atoms with van der Waals surface area (Å²) in [7, 11) is 5.87. The second-order valence-corrected chi connectivity index (χ2v) is 5.50. The van der Waals surface area contributed by atoms with E-state index in [4.69, 9.17) is 5.11 Å². The van der Waals surface area contributed by atoms with Crippen LogP contribution in [-0.2, 0) is 4.79 Å². The summed E-state index contributed by atoms with van der Waals surface area (Å²) >= 11 is 0. The number of carboxylic acid groups (broad SMARTS) is 1. The number of aliphatic carboxylic acids is 1. The van der Waals surface area contributed by atoms with Crippen LogP contribution in [0.3, 0.4) is 0 Å². The summed E-state index contributed by atoms with van der Waals surface area (Å²) in [5, 5.41) is 11.8. The van der Waals surface area contributed by atoms with E-state index < -0.39 is 12.0 Å². The van der Waals surface area contributed by atoms with Gasteiger partial charge in [0, 0.05) is 13.1 Å². The van der Waals surface area contributed by atoms with E-state index in [1.165, 1.54) is 25.9 Å². The van der Waals surface area contributed by atoms with Gasteiger partial charge in [-0.1, -0.05) is 0 Å². The molecule has 0 bridgehead atoms. The summed E-state index contributed by atoms with van der Waals surface area (Å²) in [6.45, 7) is 3.94. The first-order valence-electron chi connectivity index (χ1n) is 6.80. The average Bonchev–Trinajstić information content (AvgIpc) is 2.33. The standard InChI is InChI=1S/C13H27N3O2/c1-14-12(13(17)18)10-16(3)8-6-11-5-4-7-15(2)9-11/h11-12,14H,4-10H2,1-3H3,(H,17,18). The lowest BCUT2D eigenvalue weighted by atomic mass is 9.95. The summed E-state index contributed by atoms with van der Waals surface area (Å²) in [5.74, 6) is -0.00851. The van der Waals surface area contributed by atoms with Gasteiger partial charge in [0.2, 0.25) is 0 Å². The molecule has 1 rings (SSSR count). The van der Waals surface area contributed by atoms with Gasteiger partial charge in [0.05, 0.1) is 0 Å². The van der Waals surface area contributed by atoms with E-state index in [1.807, 2.05) is 7.05 Å². The first-order valence-corrected chi connectivity index (χ1v) is 6.80. The molecule has 0 saturated carbocycles. The van der Waals surface area contributed by atoms with Crippen molar-refractivity contribution >= 4 is 5.97 Å². The van der Waals surface area contributed by atoms with Gasteiger partial charge in [0.1, 0.15) is 6.04 Å². The fourth-order valence-electron chi connectivity index (χ4n) is 2.61. The first-order chi connectivity index (χ1) is 8.52. The monoisotopic (exact) mass is 257 g/mol. The van der Waals surface area contributed by atoms with Crippen LogP contribution in [0.15, 0.2) is 0 Å². The van der Waals surface area contributed by atoms with Gasteiger partial charge in [-0.2, -0.15) is 0 Å². The zero-order chi connectivity index (χ0) is 13.5. The van der Waals surface area contributed by atoms with Crippen LogP contribution in [0, 0.1) is 5.92 Å². The molecule has 0 aromatic heterocycles. The maximum absolute atomic E-state index is 10.9. The van der Waals surface area contributed by atoms with Crippen LogP contribution in [0.5, 0.6) is 0 Å². The van der Waals surface area contributed by atoms with Gasteiger partial charge in [0.25, 0.3) is 0 Å². The van der Waals surface area contributed by atoms with Gasteiger partial charge in [0.15, 0.2) is 0 Å². The van der Waals surface area contributed by atoms with Crippen LogP contribution in [0.25, 0.3) is 0 Å². The molecular formula is C13H27N3O2. The molecule has 0 aliphatic carbocycles. The van der Waals surface area contributed by atoms with Crippen molar-refractivity contribution in [2.75, 3.05) is 47.3 Å². The van der Waals surface area contributed by atoms with E-state index in [1.54, 1.807) is 7.05 Å². The van der Waals surface area contributed by atoms with Crippen molar-refractivity contribution in [3.05, 3.63) is 0 Å². The molecule has 5 heteroatoms. The van der Waals surface area contributed by atoms with E-state index in [-0.39, 0.29) is 0 Å². The van der Waals surface area contributed by atoms with Gasteiger partial charge in [-0.15, -0.1) is 0 Å². The topological polar surface area (TPSA) is 55.8 Å². The number of likely N-dealkylation sites (tertiary alicyclic amines) is 1. The molecule has 106 valence electrons. The largest absolute Gasteiger partial charge is 0.480 e. The third-order valence-corrected chi connectivity index (χ3v) is 3.78. The Bertz CT molecular complexity index is 261. The molecule has 2 unspecified atom stereocenters. The van der Waals surface area contributed by atoms with Gasteiger partial charge >= 0.3 is 5.97 Å². The number of nitrogens with zero attached hydrogens (tertiary/aromatic N) is 2. The molecule has 5 nitrogen and oxygen atoms in total. The Morgan fingerprint density at radius 3 is 2.89 bits per heavy atom. The molecule has 2 N–H and O–H groups in total. The Balaban J connectivity index is 2.23. The summed E-state index contributed by atoms with van der Waals surface area (Å²) in [6, 6.07) is -0.468. The molecule has 1 heterocycles. The third kappa shape index (κ3) is 5.33. The lowest BCUT2D eigenvalue weighted by Gasteiger charge is -2.31. The van der Waals surface area contributed by atoms with Crippen LogP contribution in [-0.4, -0.2) is 74.2 Å². The summed E-state index contributed by atoms with van der Waals surface area (Å²) in [6.07, 6.45) is 3.77. The van der Waals surface area contributed by atoms with E-state index >= 15 is 0 Å². The molecule has 1 saturated heterocycles. The molecule has 0 radical (unpaired) electrons. The molecule has 0 spiro atoms. The lowest BCUT2D eigenvalue weighted by molar-refractivity contribution is -0.139. The Kier molecular flexibility index (Phi) is 6.60. The zero-order valence-electron chi connectivity index (χ0n) is 11.9. The molecule has 0 aromatic carbocycles. The average molecular weight is 257 g/mol. The fourth-order valence-corrected chi connectivity index (χ4v) is 2.61. The van der Waals surface area contributed by atoms with E-state index in [0.29, 0.717) is 6.54 Å². The molecule has 18 heavy (non-hydrogen) atoms. The number of nitrogens with one attached hydrogen (secondary N) is 1. The van der Waals surface area contributed by atoms with Crippen LogP contribution in [0.2, 0.25) is 0 Å². The van der Waals surface area contributed by atoms with Gasteiger partial charge in [-0.25, -0.2) is 0 Å². The van der Waals surface area contributed by atoms with Crippen LogP contribution < -0.4 is 5.32 Å². The van der Waals surface area contributed by atoms with E-state index in [9.17, 15) is 4.79 Å². The number of rotatable bonds is 7. The van der Waals surface area contributed by atoms with Crippen molar-refractivity contribution in [1.82, 2.24) is 15.1 Å². The van der Waals surface area contributed by atoms with Crippen molar-refractivity contribution in [3.63, 3.8) is 0 Å². The second-order valence-electron chi connectivity index (χ2n) is 5.50. The van der Waals surface area contributed by atoms with E-state index in [0.717, 1.165) is 18.9 Å². The van der Waals surface area contributed by atoms with Crippen LogP contribution in [0.1, 0.15) is 19.3 Å². The molecular weight excluding hydrogens is 230 g/mol. The number of hydrogen-bond acceptors (Lipinski definition) is 4. The lowest BCUT2D eigenvalue weighted by Crippen LogP contribution is -2.44. The fraction of sp³-hybridized carbons (Fsp3) is 0.923. The maximum Gasteiger partial charge on any atom is 0.322 e. The second kappa shape index (κ2) is 7.71. The smallest absolute Gasteiger partial charge is 0.322 e. The molecule has 2 atom stereocenters. The predicted molar refractivity (Wildman–Crippen MR) is 72.8 cm³/mol. The number of carboxylic acids is 1.